The lowest BCUT2D eigenvalue weighted by molar-refractivity contribution is -0.131. The SMILES string of the molecule is CN1CCCc2cnn3cccc(c23)-c2cccc(c2)O[C@H]2C[C@@H](C1=O)N(c1ncnc3c1cnn3-c1ccc(F)cc1F)C2. The number of hydrogen-bond donors (Lipinski definition) is 0. The second-order valence-corrected chi connectivity index (χ2v) is 11.5. The number of nitrogens with zero attached hydrogens (tertiary/aromatic N) is 8. The molecule has 45 heavy (non-hydrogen) atoms. The fraction of sp³-hybridized carbons (Fsp3) is 0.242. The fourth-order valence-corrected chi connectivity index (χ4v) is 6.56. The Morgan fingerprint density at radius 1 is 1.00 bits per heavy atom. The summed E-state index contributed by atoms with van der Waals surface area (Å²) in [5, 5.41) is 9.49. The Morgan fingerprint density at radius 2 is 1.91 bits per heavy atom. The Bertz CT molecular complexity index is 2090. The summed E-state index contributed by atoms with van der Waals surface area (Å²) in [5.41, 5.74) is 4.67. The molecule has 6 heterocycles. The predicted octanol–water partition coefficient (Wildman–Crippen LogP) is 4.84. The van der Waals surface area contributed by atoms with Gasteiger partial charge in [0.2, 0.25) is 5.91 Å². The van der Waals surface area contributed by atoms with E-state index in [9.17, 15) is 13.6 Å². The summed E-state index contributed by atoms with van der Waals surface area (Å²) in [6, 6.07) is 14.8. The number of hydrogen-bond acceptors (Lipinski definition) is 7. The maximum absolute atomic E-state index is 14.7. The van der Waals surface area contributed by atoms with Crippen molar-refractivity contribution in [2.75, 3.05) is 25.0 Å². The van der Waals surface area contributed by atoms with Gasteiger partial charge >= 0.3 is 0 Å². The van der Waals surface area contributed by atoms with Crippen LogP contribution >= 0.6 is 0 Å². The maximum Gasteiger partial charge on any atom is 0.245 e. The van der Waals surface area contributed by atoms with Crippen molar-refractivity contribution in [2.45, 2.75) is 31.4 Å². The molecule has 4 bridgehead atoms. The van der Waals surface area contributed by atoms with E-state index in [1.165, 1.54) is 23.1 Å². The number of aryl methyl sites for hydroxylation is 1. The van der Waals surface area contributed by atoms with E-state index in [0.717, 1.165) is 41.1 Å². The van der Waals surface area contributed by atoms with Crippen molar-refractivity contribution in [3.8, 4) is 22.6 Å². The van der Waals surface area contributed by atoms with Crippen LogP contribution in [0.1, 0.15) is 18.4 Å². The zero-order chi connectivity index (χ0) is 30.7. The van der Waals surface area contributed by atoms with E-state index >= 15 is 0 Å². The first kappa shape index (κ1) is 27.2. The molecule has 6 aromatic rings. The van der Waals surface area contributed by atoms with Gasteiger partial charge in [-0.1, -0.05) is 18.2 Å². The number of amides is 1. The molecule has 0 saturated carbocycles. The normalized spacial score (nSPS) is 18.7. The Morgan fingerprint density at radius 3 is 2.80 bits per heavy atom. The van der Waals surface area contributed by atoms with Crippen LogP contribution in [0.2, 0.25) is 0 Å². The summed E-state index contributed by atoms with van der Waals surface area (Å²) in [7, 11) is 1.82. The van der Waals surface area contributed by atoms with Gasteiger partial charge in [-0.3, -0.25) is 4.79 Å². The lowest BCUT2D eigenvalue weighted by Crippen LogP contribution is -2.45. The maximum atomic E-state index is 14.7. The minimum Gasteiger partial charge on any atom is -0.488 e. The van der Waals surface area contributed by atoms with Gasteiger partial charge in [-0.25, -0.2) is 27.9 Å². The molecular weight excluding hydrogens is 578 g/mol. The first-order chi connectivity index (χ1) is 21.9. The molecule has 1 fully saturated rings. The summed E-state index contributed by atoms with van der Waals surface area (Å²) in [6.07, 6.45) is 8.42. The molecule has 8 rings (SSSR count). The van der Waals surface area contributed by atoms with Crippen molar-refractivity contribution >= 4 is 28.3 Å². The van der Waals surface area contributed by atoms with Gasteiger partial charge in [0.25, 0.3) is 0 Å². The number of likely N-dealkylation sites (N-methyl/N-ethyl adjacent to an activating group) is 1. The van der Waals surface area contributed by atoms with Crippen molar-refractivity contribution < 1.29 is 18.3 Å². The van der Waals surface area contributed by atoms with Crippen molar-refractivity contribution in [2.24, 2.45) is 0 Å². The topological polar surface area (TPSA) is 93.7 Å². The first-order valence-corrected chi connectivity index (χ1v) is 14.8. The van der Waals surface area contributed by atoms with Crippen molar-refractivity contribution in [3.63, 3.8) is 0 Å². The molecule has 10 nitrogen and oxygen atoms in total. The molecule has 2 aliphatic heterocycles. The molecule has 226 valence electrons. The zero-order valence-electron chi connectivity index (χ0n) is 24.3. The van der Waals surface area contributed by atoms with Gasteiger partial charge in [0.1, 0.15) is 41.5 Å². The minimum atomic E-state index is -0.764. The van der Waals surface area contributed by atoms with Crippen LogP contribution in [-0.2, 0) is 11.2 Å². The monoisotopic (exact) mass is 606 g/mol. The highest BCUT2D eigenvalue weighted by Crippen LogP contribution is 2.35. The highest BCUT2D eigenvalue weighted by atomic mass is 19.1. The Hall–Kier alpha value is -5.39. The number of rotatable bonds is 2. The molecule has 0 aliphatic carbocycles. The predicted molar refractivity (Wildman–Crippen MR) is 163 cm³/mol. The number of aromatic nitrogens is 6. The number of carbonyl (C=O) groups is 1. The van der Waals surface area contributed by atoms with E-state index in [-0.39, 0.29) is 17.7 Å². The van der Waals surface area contributed by atoms with Crippen LogP contribution in [0.5, 0.6) is 5.75 Å². The third kappa shape index (κ3) is 4.64. The summed E-state index contributed by atoms with van der Waals surface area (Å²) in [6.45, 7) is 0.946. The molecule has 0 unspecified atom stereocenters. The molecule has 1 saturated heterocycles. The Kier molecular flexibility index (Phi) is 6.43. The lowest BCUT2D eigenvalue weighted by Gasteiger charge is -2.28. The molecule has 2 aromatic carbocycles. The average Bonchev–Trinajstić information content (AvgIpc) is 3.78. The third-order valence-electron chi connectivity index (χ3n) is 8.68. The highest BCUT2D eigenvalue weighted by Gasteiger charge is 2.41. The average molecular weight is 607 g/mol. The molecule has 0 N–H and O–H groups in total. The second kappa shape index (κ2) is 10.7. The van der Waals surface area contributed by atoms with E-state index in [0.29, 0.717) is 42.1 Å². The third-order valence-corrected chi connectivity index (χ3v) is 8.68. The van der Waals surface area contributed by atoms with Crippen LogP contribution in [0.3, 0.4) is 0 Å². The quantitative estimate of drug-likeness (QED) is 0.279. The Balaban J connectivity index is 1.19. The summed E-state index contributed by atoms with van der Waals surface area (Å²) in [5.74, 6) is -0.300. The number of halogens is 2. The van der Waals surface area contributed by atoms with Gasteiger partial charge in [0.15, 0.2) is 11.5 Å². The largest absolute Gasteiger partial charge is 0.488 e. The Labute approximate surface area is 256 Å². The van der Waals surface area contributed by atoms with Gasteiger partial charge < -0.3 is 14.5 Å². The molecular formula is C33H28F2N8O2. The summed E-state index contributed by atoms with van der Waals surface area (Å²) < 4.78 is 38.1. The number of carbonyl (C=O) groups excluding carboxylic acids is 1. The lowest BCUT2D eigenvalue weighted by atomic mass is 10.0. The number of pyridine rings is 1. The van der Waals surface area contributed by atoms with Crippen molar-refractivity contribution in [1.29, 1.82) is 0 Å². The summed E-state index contributed by atoms with van der Waals surface area (Å²) in [4.78, 5) is 26.7. The molecule has 0 spiro atoms. The molecule has 2 aliphatic rings. The number of benzene rings is 2. The minimum absolute atomic E-state index is 0.0472. The number of anilines is 1. The van der Waals surface area contributed by atoms with Gasteiger partial charge in [-0.2, -0.15) is 10.2 Å². The van der Waals surface area contributed by atoms with Gasteiger partial charge in [-0.05, 0) is 54.3 Å². The molecule has 4 aromatic heterocycles. The molecule has 1 amide bonds. The van der Waals surface area contributed by atoms with E-state index in [2.05, 4.69) is 32.3 Å². The number of ether oxygens (including phenoxy) is 1. The van der Waals surface area contributed by atoms with Crippen LogP contribution in [-0.4, -0.2) is 72.5 Å². The number of fused-ring (bicyclic) bond motifs is 6. The van der Waals surface area contributed by atoms with Crippen LogP contribution in [0.15, 0.2) is 79.5 Å². The van der Waals surface area contributed by atoms with Gasteiger partial charge in [0.05, 0.1) is 29.8 Å². The van der Waals surface area contributed by atoms with Gasteiger partial charge in [0, 0.05) is 37.8 Å². The first-order valence-electron chi connectivity index (χ1n) is 14.8. The second-order valence-electron chi connectivity index (χ2n) is 11.5. The smallest absolute Gasteiger partial charge is 0.245 e. The fourth-order valence-electron chi connectivity index (χ4n) is 6.56. The molecule has 12 heteroatoms. The van der Waals surface area contributed by atoms with Crippen molar-refractivity contribution in [1.82, 2.24) is 34.3 Å². The van der Waals surface area contributed by atoms with Crippen LogP contribution < -0.4 is 9.64 Å². The van der Waals surface area contributed by atoms with E-state index in [1.54, 1.807) is 11.1 Å². The standard InChI is InChI=1S/C33H28F2N8O2/c1-40-11-3-6-21-16-38-42-12-4-8-25(30(21)42)20-5-2-7-23(13-20)45-24-15-29(33(40)44)41(18-24)31-26-17-39-43(32(26)37-19-36-31)28-10-9-22(34)14-27(28)35/h2,4-5,7-10,12-14,16-17,19,24,29H,3,6,11,15,18H2,1H3/t24-,29-/m0/s1. The van der Waals surface area contributed by atoms with Crippen LogP contribution in [0.25, 0.3) is 33.4 Å². The van der Waals surface area contributed by atoms with Crippen molar-refractivity contribution in [3.05, 3.63) is 96.7 Å². The van der Waals surface area contributed by atoms with E-state index in [1.807, 2.05) is 53.1 Å². The van der Waals surface area contributed by atoms with Gasteiger partial charge in [-0.15, -0.1) is 0 Å². The highest BCUT2D eigenvalue weighted by molar-refractivity contribution is 5.92. The molecule has 0 radical (unpaired) electrons. The van der Waals surface area contributed by atoms with Crippen LogP contribution in [0.4, 0.5) is 14.6 Å². The molecule has 2 atom stereocenters. The summed E-state index contributed by atoms with van der Waals surface area (Å²) >= 11 is 0. The zero-order valence-corrected chi connectivity index (χ0v) is 24.3. The van der Waals surface area contributed by atoms with E-state index < -0.39 is 17.7 Å². The van der Waals surface area contributed by atoms with E-state index in [4.69, 9.17) is 4.74 Å². The van der Waals surface area contributed by atoms with Crippen LogP contribution in [0, 0.1) is 11.6 Å².